The summed E-state index contributed by atoms with van der Waals surface area (Å²) in [6.45, 7) is 3.07. The van der Waals surface area contributed by atoms with Crippen molar-refractivity contribution < 1.29 is 32.9 Å². The van der Waals surface area contributed by atoms with Crippen LogP contribution in [0.25, 0.3) is 11.2 Å². The second-order valence-electron chi connectivity index (χ2n) is 23.0. The largest absolute Gasteiger partial charge is 0.777 e. The molecule has 0 amide bonds. The summed E-state index contributed by atoms with van der Waals surface area (Å²) in [7, 11) is -4.69. The summed E-state index contributed by atoms with van der Waals surface area (Å²) in [6, 6.07) is 70.9. The van der Waals surface area contributed by atoms with E-state index < -0.39 is 37.3 Å². The molecule has 88 heavy (non-hydrogen) atoms. The van der Waals surface area contributed by atoms with Gasteiger partial charge in [-0.2, -0.15) is 0 Å². The lowest BCUT2D eigenvalue weighted by Crippen LogP contribution is -2.38. The maximum absolute atomic E-state index is 14.3. The van der Waals surface area contributed by atoms with Gasteiger partial charge >= 0.3 is 0 Å². The van der Waals surface area contributed by atoms with E-state index in [4.69, 9.17) is 38.4 Å². The third kappa shape index (κ3) is 18.7. The van der Waals surface area contributed by atoms with Gasteiger partial charge in [-0.25, -0.2) is 15.0 Å². The van der Waals surface area contributed by atoms with Gasteiger partial charge in [-0.1, -0.05) is 316 Å². The number of ether oxygens (including phenoxy) is 4. The van der Waals surface area contributed by atoms with Gasteiger partial charge in [0, 0.05) is 6.61 Å². The van der Waals surface area contributed by atoms with Crippen molar-refractivity contribution >= 4 is 24.6 Å². The summed E-state index contributed by atoms with van der Waals surface area (Å²) in [6.07, 6.45) is 21.6. The Morgan fingerprint density at radius 2 is 0.920 bits per heavy atom. The minimum Gasteiger partial charge on any atom is -0.777 e. The predicted octanol–water partition coefficient (Wildman–Crippen LogP) is 17.0. The molecule has 12 nitrogen and oxygen atoms in total. The van der Waals surface area contributed by atoms with Gasteiger partial charge in [-0.05, 0) is 45.4 Å². The molecule has 3 atom stereocenters. The Labute approximate surface area is 522 Å². The molecule has 0 saturated heterocycles. The minimum absolute atomic E-state index is 0.0658. The molecule has 7 aromatic carbocycles. The van der Waals surface area contributed by atoms with Crippen molar-refractivity contribution in [3.8, 4) is 0 Å². The summed E-state index contributed by atoms with van der Waals surface area (Å²) in [5.74, 6) is 0.501. The van der Waals surface area contributed by atoms with Crippen molar-refractivity contribution in [2.24, 2.45) is 0 Å². The van der Waals surface area contributed by atoms with E-state index in [1.54, 1.807) is 6.33 Å². The first kappa shape index (κ1) is 65.3. The lowest BCUT2D eigenvalue weighted by atomic mass is 9.77. The van der Waals surface area contributed by atoms with Crippen LogP contribution in [-0.2, 0) is 52.3 Å². The van der Waals surface area contributed by atoms with Crippen LogP contribution in [0.15, 0.2) is 225 Å². The van der Waals surface area contributed by atoms with Gasteiger partial charge in [0.1, 0.15) is 35.4 Å². The molecule has 1 N–H and O–H groups in total. The number of imidazole rings is 1. The third-order valence-corrected chi connectivity index (χ3v) is 17.5. The number of unbranched alkanes of at least 4 members (excludes halogenated alkanes) is 15. The molecule has 0 radical (unpaired) electrons. The van der Waals surface area contributed by atoms with Gasteiger partial charge in [0.15, 0.2) is 19.1 Å². The van der Waals surface area contributed by atoms with Gasteiger partial charge in [0.05, 0.1) is 45.4 Å². The fourth-order valence-corrected chi connectivity index (χ4v) is 12.6. The van der Waals surface area contributed by atoms with Crippen molar-refractivity contribution in [2.45, 2.75) is 146 Å². The number of benzene rings is 7. The van der Waals surface area contributed by atoms with Crippen LogP contribution in [0.3, 0.4) is 0 Å². The van der Waals surface area contributed by atoms with Gasteiger partial charge < -0.3 is 42.8 Å². The third-order valence-electron chi connectivity index (χ3n) is 16.5. The van der Waals surface area contributed by atoms with Crippen LogP contribution in [0.4, 0.5) is 5.82 Å². The second kappa shape index (κ2) is 35.2. The fraction of sp³-hybridized carbons (Fsp3) is 0.373. The number of rotatable bonds is 41. The quantitative estimate of drug-likeness (QED) is 0.0222. The summed E-state index contributed by atoms with van der Waals surface area (Å²) in [5.41, 5.74) is 5.61. The first-order valence-electron chi connectivity index (χ1n) is 32.1. The predicted molar refractivity (Wildman–Crippen MR) is 352 cm³/mol. The molecule has 0 saturated carbocycles. The molecule has 0 aliphatic carbocycles. The molecule has 0 fully saturated rings. The van der Waals surface area contributed by atoms with Crippen molar-refractivity contribution in [2.75, 3.05) is 38.1 Å². The molecule has 2 aromatic heterocycles. The Morgan fingerprint density at radius 3 is 1.39 bits per heavy atom. The fourth-order valence-electron chi connectivity index (χ4n) is 11.8. The number of aromatic nitrogens is 4. The Bertz CT molecular complexity index is 3190. The number of anilines is 1. The van der Waals surface area contributed by atoms with Gasteiger partial charge in [-0.15, -0.1) is 0 Å². The Balaban J connectivity index is 0.907. The SMILES string of the molecule is CCCCCCCCCCCCCCCCCCOC[C@@H](COP(=O)([O-])CO[C@H](COC(c1ccccc1)(c1ccccc1)c1ccccc1)Cn1cnc2c(NC(c3ccccc3)(c3ccccc3)c3ccccc3)ncnc21)OCc1ccccc1. The zero-order valence-corrected chi connectivity index (χ0v) is 52.3. The minimum atomic E-state index is -4.69. The molecule has 13 heteroatoms. The van der Waals surface area contributed by atoms with Crippen molar-refractivity contribution in [1.29, 1.82) is 0 Å². The van der Waals surface area contributed by atoms with E-state index in [9.17, 15) is 9.46 Å². The number of hydrogen-bond donors (Lipinski definition) is 1. The number of nitrogens with zero attached hydrogens (tertiary/aromatic N) is 4. The Hall–Kier alpha value is -7.12. The zero-order valence-electron chi connectivity index (χ0n) is 51.4. The van der Waals surface area contributed by atoms with E-state index in [2.05, 4.69) is 48.6 Å². The molecule has 9 aromatic rings. The highest BCUT2D eigenvalue weighted by atomic mass is 31.2. The molecule has 0 spiro atoms. The van der Waals surface area contributed by atoms with Gasteiger partial charge in [-0.3, -0.25) is 0 Å². The van der Waals surface area contributed by atoms with Crippen molar-refractivity contribution in [1.82, 2.24) is 19.5 Å². The summed E-state index contributed by atoms with van der Waals surface area (Å²) in [4.78, 5) is 28.9. The van der Waals surface area contributed by atoms with Crippen LogP contribution in [0.1, 0.15) is 149 Å². The highest BCUT2D eigenvalue weighted by Gasteiger charge is 2.40. The monoisotopic (exact) mass is 1200 g/mol. The number of nitrogens with one attached hydrogen (secondary N) is 1. The smallest absolute Gasteiger partial charge is 0.165 e. The number of hydrogen-bond acceptors (Lipinski definition) is 11. The Morgan fingerprint density at radius 1 is 0.489 bits per heavy atom. The van der Waals surface area contributed by atoms with E-state index in [-0.39, 0.29) is 33.0 Å². The van der Waals surface area contributed by atoms with Crippen LogP contribution in [0.2, 0.25) is 0 Å². The molecule has 462 valence electrons. The first-order chi connectivity index (χ1) is 43.4. The standard InChI is InChI=1S/C75H90N5O7P/c1-2-3-4-5-6-7-8-9-10-11-12-13-14-15-16-38-53-83-56-70(84-55-62-39-24-17-25-40-62)58-87-88(81,82)61-85-69(57-86-75(66-47-32-21-33-48-66,67-49-34-22-35-50-67)68-51-36-23-37-52-68)54-80-60-78-71-72(76-59-77-73(71)80)79-74(63-41-26-18-27-42-63,64-43-28-19-29-44-64)65-45-30-20-31-46-65/h17-37,39-52,59-60,69-70H,2-16,38,53-58,61H2,1H3,(H,81,82)(H,76,77,79)/p-1/t69-,70-/m0/s1. The highest BCUT2D eigenvalue weighted by molar-refractivity contribution is 7.51. The van der Waals surface area contributed by atoms with Gasteiger partial charge in [0.2, 0.25) is 0 Å². The highest BCUT2D eigenvalue weighted by Crippen LogP contribution is 2.43. The summed E-state index contributed by atoms with van der Waals surface area (Å²) in [5, 5.41) is 3.88. The molecule has 0 aliphatic heterocycles. The maximum atomic E-state index is 14.3. The number of fused-ring (bicyclic) bond motifs is 1. The average Bonchev–Trinajstić information content (AvgIpc) is 1.26. The zero-order chi connectivity index (χ0) is 60.8. The van der Waals surface area contributed by atoms with Crippen LogP contribution >= 0.6 is 7.60 Å². The molecule has 1 unspecified atom stereocenters. The second-order valence-corrected chi connectivity index (χ2v) is 24.7. The van der Waals surface area contributed by atoms with Crippen molar-refractivity contribution in [3.05, 3.63) is 264 Å². The van der Waals surface area contributed by atoms with Crippen LogP contribution < -0.4 is 10.2 Å². The van der Waals surface area contributed by atoms with Gasteiger partial charge in [0.25, 0.3) is 0 Å². The van der Waals surface area contributed by atoms with E-state index in [0.29, 0.717) is 23.6 Å². The summed E-state index contributed by atoms with van der Waals surface area (Å²) >= 11 is 0. The average molecular weight is 1200 g/mol. The van der Waals surface area contributed by atoms with Crippen LogP contribution in [0.5, 0.6) is 0 Å². The molecule has 0 aliphatic rings. The van der Waals surface area contributed by atoms with Crippen LogP contribution in [0, 0.1) is 0 Å². The van der Waals surface area contributed by atoms with E-state index in [0.717, 1.165) is 51.8 Å². The molecule has 0 bridgehead atoms. The topological polar surface area (TPSA) is 142 Å². The molecule has 2 heterocycles. The van der Waals surface area contributed by atoms with Crippen molar-refractivity contribution in [3.63, 3.8) is 0 Å². The molecular formula is C75H89N5O7P-. The van der Waals surface area contributed by atoms with E-state index in [1.165, 1.54) is 96.2 Å². The lowest BCUT2D eigenvalue weighted by molar-refractivity contribution is -0.209. The summed E-state index contributed by atoms with van der Waals surface area (Å²) < 4.78 is 48.3. The van der Waals surface area contributed by atoms with E-state index in [1.807, 2.05) is 180 Å². The Kier molecular flexibility index (Phi) is 26.1. The first-order valence-corrected chi connectivity index (χ1v) is 33.8. The lowest BCUT2D eigenvalue weighted by Gasteiger charge is -2.37. The normalized spacial score (nSPS) is 13.3. The maximum Gasteiger partial charge on any atom is 0.165 e. The molecule has 9 rings (SSSR count). The molecular weight excluding hydrogens is 1110 g/mol. The van der Waals surface area contributed by atoms with Crippen LogP contribution in [-0.4, -0.2) is 64.5 Å². The van der Waals surface area contributed by atoms with E-state index >= 15 is 0 Å².